The first-order valence-electron chi connectivity index (χ1n) is 9.45. The van der Waals surface area contributed by atoms with E-state index in [1.165, 1.54) is 19.3 Å². The highest BCUT2D eigenvalue weighted by Gasteiger charge is 2.35. The Morgan fingerprint density at radius 2 is 2.00 bits per heavy atom. The summed E-state index contributed by atoms with van der Waals surface area (Å²) in [5.41, 5.74) is 1.79. The molecule has 1 saturated carbocycles. The first-order valence-corrected chi connectivity index (χ1v) is 10.4. The molecule has 1 aliphatic heterocycles. The van der Waals surface area contributed by atoms with E-state index in [-0.39, 0.29) is 17.8 Å². The zero-order valence-corrected chi connectivity index (χ0v) is 16.2. The second-order valence-electron chi connectivity index (χ2n) is 7.83. The van der Waals surface area contributed by atoms with E-state index in [0.717, 1.165) is 28.2 Å². The fourth-order valence-electron chi connectivity index (χ4n) is 3.79. The van der Waals surface area contributed by atoms with Crippen molar-refractivity contribution in [1.29, 1.82) is 0 Å². The molecular formula is C21H28O3S. The quantitative estimate of drug-likeness (QED) is 0.702. The van der Waals surface area contributed by atoms with Crippen LogP contribution in [0, 0.1) is 17.8 Å². The minimum absolute atomic E-state index is 0.188. The van der Waals surface area contributed by atoms with Gasteiger partial charge in [0, 0.05) is 22.1 Å². The normalized spacial score (nSPS) is 24.2. The smallest absolute Gasteiger partial charge is 0.313 e. The molecule has 136 valence electrons. The summed E-state index contributed by atoms with van der Waals surface area (Å²) in [5.74, 6) is 1.87. The third-order valence-electron chi connectivity index (χ3n) is 5.38. The van der Waals surface area contributed by atoms with E-state index >= 15 is 0 Å². The predicted molar refractivity (Wildman–Crippen MR) is 101 cm³/mol. The van der Waals surface area contributed by atoms with Crippen molar-refractivity contribution in [3.63, 3.8) is 0 Å². The van der Waals surface area contributed by atoms with E-state index in [1.54, 1.807) is 11.8 Å². The van der Waals surface area contributed by atoms with E-state index in [1.807, 2.05) is 39.0 Å². The highest BCUT2D eigenvalue weighted by molar-refractivity contribution is 7.99. The Kier molecular flexibility index (Phi) is 5.88. The number of carbonyl (C=O) groups excluding carboxylic acids is 2. The second-order valence-corrected chi connectivity index (χ2v) is 8.89. The van der Waals surface area contributed by atoms with Gasteiger partial charge in [-0.05, 0) is 49.3 Å². The van der Waals surface area contributed by atoms with Crippen LogP contribution < -0.4 is 0 Å². The molecule has 3 nitrogen and oxygen atoms in total. The molecule has 0 spiro atoms. The van der Waals surface area contributed by atoms with Crippen LogP contribution in [0.4, 0.5) is 0 Å². The van der Waals surface area contributed by atoms with E-state index in [9.17, 15) is 9.59 Å². The number of benzene rings is 1. The largest absolute Gasteiger partial charge is 0.465 e. The number of thioether (sulfide) groups is 1. The number of esters is 1. The van der Waals surface area contributed by atoms with Crippen molar-refractivity contribution in [2.75, 3.05) is 12.4 Å². The molecule has 1 fully saturated rings. The third kappa shape index (κ3) is 4.11. The molecule has 3 unspecified atom stereocenters. The molecule has 3 atom stereocenters. The first kappa shape index (κ1) is 18.5. The molecule has 0 radical (unpaired) electrons. The lowest BCUT2D eigenvalue weighted by Crippen LogP contribution is -2.27. The Balaban J connectivity index is 1.79. The average molecular weight is 361 g/mol. The molecule has 1 heterocycles. The van der Waals surface area contributed by atoms with Crippen LogP contribution in [-0.4, -0.2) is 24.1 Å². The predicted octanol–water partition coefficient (Wildman–Crippen LogP) is 5.08. The maximum atomic E-state index is 13.0. The standard InChI is InChI=1S/C21H28O3S/c1-13(2)11-24-21(23)14(3)15-8-9-18-19(10-15)25-12-16-6-4-5-7-17(16)20(18)22/h8-10,13-14,16-17H,4-7,11-12H2,1-3H3. The SMILES string of the molecule is CC(C)COC(=O)C(C)c1ccc2c(c1)SCC1CCCCC1C2=O. The number of hydrogen-bond donors (Lipinski definition) is 0. The van der Waals surface area contributed by atoms with Crippen molar-refractivity contribution in [1.82, 2.24) is 0 Å². The van der Waals surface area contributed by atoms with Gasteiger partial charge in [-0.1, -0.05) is 32.8 Å². The van der Waals surface area contributed by atoms with Crippen LogP contribution in [0.1, 0.15) is 68.3 Å². The molecule has 0 aromatic heterocycles. The average Bonchev–Trinajstić information content (AvgIpc) is 2.76. The zero-order chi connectivity index (χ0) is 18.0. The van der Waals surface area contributed by atoms with Gasteiger partial charge in [-0.3, -0.25) is 9.59 Å². The van der Waals surface area contributed by atoms with Gasteiger partial charge in [0.15, 0.2) is 5.78 Å². The number of fused-ring (bicyclic) bond motifs is 2. The summed E-state index contributed by atoms with van der Waals surface area (Å²) in [7, 11) is 0. The number of ketones is 1. The second kappa shape index (κ2) is 7.94. The Morgan fingerprint density at radius 1 is 1.24 bits per heavy atom. The van der Waals surface area contributed by atoms with Crippen molar-refractivity contribution in [3.05, 3.63) is 29.3 Å². The number of carbonyl (C=O) groups is 2. The van der Waals surface area contributed by atoms with Gasteiger partial charge in [0.2, 0.25) is 0 Å². The number of rotatable bonds is 4. The van der Waals surface area contributed by atoms with E-state index in [0.29, 0.717) is 24.2 Å². The highest BCUT2D eigenvalue weighted by Crippen LogP contribution is 2.42. The monoisotopic (exact) mass is 360 g/mol. The molecule has 25 heavy (non-hydrogen) atoms. The molecule has 0 bridgehead atoms. The topological polar surface area (TPSA) is 43.4 Å². The Bertz CT molecular complexity index is 653. The maximum Gasteiger partial charge on any atom is 0.313 e. The van der Waals surface area contributed by atoms with Gasteiger partial charge in [-0.2, -0.15) is 0 Å². The molecule has 0 N–H and O–H groups in total. The van der Waals surface area contributed by atoms with Crippen LogP contribution in [0.3, 0.4) is 0 Å². The van der Waals surface area contributed by atoms with E-state index in [4.69, 9.17) is 4.74 Å². The first-order chi connectivity index (χ1) is 12.0. The molecule has 0 saturated heterocycles. The lowest BCUT2D eigenvalue weighted by molar-refractivity contribution is -0.146. The molecule has 4 heteroatoms. The van der Waals surface area contributed by atoms with Crippen LogP contribution in [0.25, 0.3) is 0 Å². The van der Waals surface area contributed by atoms with Crippen LogP contribution >= 0.6 is 11.8 Å². The maximum absolute atomic E-state index is 13.0. The van der Waals surface area contributed by atoms with Crippen LogP contribution in [-0.2, 0) is 9.53 Å². The molecule has 1 aliphatic carbocycles. The van der Waals surface area contributed by atoms with Crippen molar-refractivity contribution >= 4 is 23.5 Å². The summed E-state index contributed by atoms with van der Waals surface area (Å²) >= 11 is 1.79. The van der Waals surface area contributed by atoms with Gasteiger partial charge in [0.25, 0.3) is 0 Å². The molecule has 1 aromatic carbocycles. The van der Waals surface area contributed by atoms with Crippen LogP contribution in [0.5, 0.6) is 0 Å². The van der Waals surface area contributed by atoms with Gasteiger partial charge in [0.05, 0.1) is 12.5 Å². The van der Waals surface area contributed by atoms with Crippen molar-refractivity contribution in [2.45, 2.75) is 57.3 Å². The van der Waals surface area contributed by atoms with E-state index < -0.39 is 0 Å². The number of hydrogen-bond acceptors (Lipinski definition) is 4. The molecule has 3 rings (SSSR count). The summed E-state index contributed by atoms with van der Waals surface area (Å²) in [6.07, 6.45) is 4.62. The van der Waals surface area contributed by atoms with Crippen molar-refractivity contribution < 1.29 is 14.3 Å². The molecular weight excluding hydrogens is 332 g/mol. The summed E-state index contributed by atoms with van der Waals surface area (Å²) in [6, 6.07) is 5.90. The Hall–Kier alpha value is -1.29. The van der Waals surface area contributed by atoms with Gasteiger partial charge < -0.3 is 4.74 Å². The van der Waals surface area contributed by atoms with Gasteiger partial charge in [-0.25, -0.2) is 0 Å². The third-order valence-corrected chi connectivity index (χ3v) is 6.63. The summed E-state index contributed by atoms with van der Waals surface area (Å²) in [4.78, 5) is 26.3. The van der Waals surface area contributed by atoms with Crippen LogP contribution in [0.15, 0.2) is 23.1 Å². The molecule has 1 aromatic rings. The zero-order valence-electron chi connectivity index (χ0n) is 15.4. The number of ether oxygens (including phenoxy) is 1. The Labute approximate surface area is 154 Å². The molecule has 0 amide bonds. The minimum Gasteiger partial charge on any atom is -0.465 e. The summed E-state index contributed by atoms with van der Waals surface area (Å²) in [5, 5.41) is 0. The lowest BCUT2D eigenvalue weighted by Gasteiger charge is -2.28. The fraction of sp³-hybridized carbons (Fsp3) is 0.619. The van der Waals surface area contributed by atoms with Crippen molar-refractivity contribution in [2.24, 2.45) is 17.8 Å². The summed E-state index contributed by atoms with van der Waals surface area (Å²) in [6.45, 7) is 6.39. The Morgan fingerprint density at radius 3 is 2.76 bits per heavy atom. The van der Waals surface area contributed by atoms with E-state index in [2.05, 4.69) is 0 Å². The van der Waals surface area contributed by atoms with Gasteiger partial charge in [-0.15, -0.1) is 11.8 Å². The fourth-order valence-corrected chi connectivity index (χ4v) is 5.13. The minimum atomic E-state index is -0.301. The van der Waals surface area contributed by atoms with Gasteiger partial charge in [0.1, 0.15) is 0 Å². The summed E-state index contributed by atoms with van der Waals surface area (Å²) < 4.78 is 5.37. The number of Topliss-reactive ketones (excluding diaryl/α,β-unsaturated/α-hetero) is 1. The molecule has 2 aliphatic rings. The lowest BCUT2D eigenvalue weighted by atomic mass is 9.76. The van der Waals surface area contributed by atoms with Crippen molar-refractivity contribution in [3.8, 4) is 0 Å². The van der Waals surface area contributed by atoms with Gasteiger partial charge >= 0.3 is 5.97 Å². The highest BCUT2D eigenvalue weighted by atomic mass is 32.2. The van der Waals surface area contributed by atoms with Crippen LogP contribution in [0.2, 0.25) is 0 Å².